The molecule has 0 radical (unpaired) electrons. The van der Waals surface area contributed by atoms with E-state index in [1.807, 2.05) is 6.92 Å². The molecule has 0 spiro atoms. The van der Waals surface area contributed by atoms with Gasteiger partial charge in [0.05, 0.1) is 25.4 Å². The van der Waals surface area contributed by atoms with Gasteiger partial charge < -0.3 is 14.9 Å². The molecule has 0 aromatic carbocycles. The normalized spacial score (nSPS) is 34.1. The third-order valence-electron chi connectivity index (χ3n) is 6.97. The van der Waals surface area contributed by atoms with E-state index >= 15 is 0 Å². The van der Waals surface area contributed by atoms with Crippen molar-refractivity contribution in [2.45, 2.75) is 77.5 Å². The van der Waals surface area contributed by atoms with Crippen molar-refractivity contribution in [2.75, 3.05) is 26.3 Å². The van der Waals surface area contributed by atoms with Crippen LogP contribution in [0.5, 0.6) is 0 Å². The third-order valence-corrected chi connectivity index (χ3v) is 6.97. The van der Waals surface area contributed by atoms with Gasteiger partial charge in [-0.05, 0) is 68.4 Å². The van der Waals surface area contributed by atoms with E-state index in [9.17, 15) is 10.2 Å². The number of hydrogen-bond donors (Lipinski definition) is 2. The average Bonchev–Trinajstić information content (AvgIpc) is 2.56. The zero-order valence-electron chi connectivity index (χ0n) is 16.3. The summed E-state index contributed by atoms with van der Waals surface area (Å²) in [5.41, 5.74) is 1.89. The van der Waals surface area contributed by atoms with E-state index in [2.05, 4.69) is 24.8 Å². The van der Waals surface area contributed by atoms with E-state index in [0.717, 1.165) is 25.3 Å². The number of allylic oxidation sites excluding steroid dienone is 1. The second kappa shape index (κ2) is 8.08. The minimum absolute atomic E-state index is 0.271. The Morgan fingerprint density at radius 1 is 1.32 bits per heavy atom. The maximum absolute atomic E-state index is 10.4. The molecule has 4 heteroatoms. The van der Waals surface area contributed by atoms with Crippen LogP contribution in [0.3, 0.4) is 0 Å². The van der Waals surface area contributed by atoms with Gasteiger partial charge >= 0.3 is 0 Å². The summed E-state index contributed by atoms with van der Waals surface area (Å²) in [6.07, 6.45) is 8.52. The summed E-state index contributed by atoms with van der Waals surface area (Å²) in [5.74, 6) is 1.54. The van der Waals surface area contributed by atoms with E-state index < -0.39 is 6.10 Å². The Morgan fingerprint density at radius 2 is 2.12 bits per heavy atom. The van der Waals surface area contributed by atoms with Crippen LogP contribution in [0, 0.1) is 17.3 Å². The smallest absolute Gasteiger partial charge is 0.0900 e. The number of ether oxygens (including phenoxy) is 1. The summed E-state index contributed by atoms with van der Waals surface area (Å²) in [6, 6.07) is 0.400. The number of piperidine rings is 1. The monoisotopic (exact) mass is 351 g/mol. The van der Waals surface area contributed by atoms with E-state index in [0.29, 0.717) is 37.1 Å². The Hall–Kier alpha value is -0.420. The van der Waals surface area contributed by atoms with Crippen molar-refractivity contribution in [1.29, 1.82) is 0 Å². The summed E-state index contributed by atoms with van der Waals surface area (Å²) < 4.78 is 5.89. The largest absolute Gasteiger partial charge is 0.393 e. The van der Waals surface area contributed by atoms with Gasteiger partial charge in [-0.25, -0.2) is 0 Å². The molecule has 5 atom stereocenters. The number of likely N-dealkylation sites (tertiary alicyclic amines) is 1. The minimum atomic E-state index is -0.444. The van der Waals surface area contributed by atoms with Crippen molar-refractivity contribution < 1.29 is 14.9 Å². The van der Waals surface area contributed by atoms with E-state index in [1.165, 1.54) is 31.3 Å². The number of aliphatic hydroxyl groups excluding tert-OH is 2. The molecule has 25 heavy (non-hydrogen) atoms. The SMILES string of the molecule is C[C@H](O)C[C@@H]1CCCCN1C[C@@H](O)COCC1=CC[C@H]2C[C@H]1C2(C)C. The van der Waals surface area contributed by atoms with Crippen LogP contribution < -0.4 is 0 Å². The summed E-state index contributed by atoms with van der Waals surface area (Å²) in [6.45, 7) is 9.39. The lowest BCUT2D eigenvalue weighted by molar-refractivity contribution is -0.0299. The number of aliphatic hydroxyl groups is 2. The second-order valence-electron chi connectivity index (χ2n) is 9.22. The number of rotatable bonds is 8. The highest BCUT2D eigenvalue weighted by molar-refractivity contribution is 5.23. The lowest BCUT2D eigenvalue weighted by atomic mass is 9.49. The maximum atomic E-state index is 10.4. The topological polar surface area (TPSA) is 52.9 Å². The first-order chi connectivity index (χ1) is 11.9. The molecule has 4 rings (SSSR count). The molecule has 1 aliphatic heterocycles. The van der Waals surface area contributed by atoms with Gasteiger partial charge in [-0.15, -0.1) is 0 Å². The fourth-order valence-corrected chi connectivity index (χ4v) is 5.24. The van der Waals surface area contributed by atoms with Gasteiger partial charge in [-0.2, -0.15) is 0 Å². The second-order valence-corrected chi connectivity index (χ2v) is 9.22. The van der Waals surface area contributed by atoms with Crippen LogP contribution in [0.1, 0.15) is 59.3 Å². The molecular formula is C21H37NO3. The first-order valence-electron chi connectivity index (χ1n) is 10.2. The van der Waals surface area contributed by atoms with Crippen LogP contribution in [0.25, 0.3) is 0 Å². The Morgan fingerprint density at radius 3 is 2.80 bits per heavy atom. The molecule has 4 nitrogen and oxygen atoms in total. The Balaban J connectivity index is 1.40. The zero-order chi connectivity index (χ0) is 18.0. The van der Waals surface area contributed by atoms with Crippen molar-refractivity contribution in [3.8, 4) is 0 Å². The highest BCUT2D eigenvalue weighted by Gasteiger charge is 2.50. The number of nitrogens with zero attached hydrogens (tertiary/aromatic N) is 1. The van der Waals surface area contributed by atoms with Crippen molar-refractivity contribution in [3.63, 3.8) is 0 Å². The molecule has 0 amide bonds. The van der Waals surface area contributed by atoms with Crippen molar-refractivity contribution >= 4 is 0 Å². The molecular weight excluding hydrogens is 314 g/mol. The number of β-amino-alcohol motifs (C(OH)–C–C–N with tert-alkyl or cyclic N) is 1. The standard InChI is InChI=1S/C21H37NO3/c1-15(23)10-18-6-4-5-9-22(18)12-19(24)14-25-13-16-7-8-17-11-20(16)21(17,2)3/h7,15,17-20,23-24H,4-6,8-14H2,1-3H3/t15-,17-,18-,19+,20+/m0/s1. The first kappa shape index (κ1) is 19.3. The molecule has 0 aromatic heterocycles. The van der Waals surface area contributed by atoms with Gasteiger partial charge in [0.15, 0.2) is 0 Å². The van der Waals surface area contributed by atoms with Crippen molar-refractivity contribution in [3.05, 3.63) is 11.6 Å². The highest BCUT2D eigenvalue weighted by atomic mass is 16.5. The molecule has 0 aromatic rings. The van der Waals surface area contributed by atoms with Gasteiger partial charge in [0.25, 0.3) is 0 Å². The van der Waals surface area contributed by atoms with E-state index in [4.69, 9.17) is 4.74 Å². The minimum Gasteiger partial charge on any atom is -0.393 e. The summed E-state index contributed by atoms with van der Waals surface area (Å²) >= 11 is 0. The fraction of sp³-hybridized carbons (Fsp3) is 0.905. The molecule has 144 valence electrons. The lowest BCUT2D eigenvalue weighted by Crippen LogP contribution is -2.49. The lowest BCUT2D eigenvalue weighted by Gasteiger charge is -2.56. The molecule has 1 saturated carbocycles. The first-order valence-corrected chi connectivity index (χ1v) is 10.2. The maximum Gasteiger partial charge on any atom is 0.0900 e. The van der Waals surface area contributed by atoms with Crippen LogP contribution in [-0.2, 0) is 4.74 Å². The van der Waals surface area contributed by atoms with Crippen LogP contribution >= 0.6 is 0 Å². The van der Waals surface area contributed by atoms with Gasteiger partial charge in [-0.3, -0.25) is 4.90 Å². The highest BCUT2D eigenvalue weighted by Crippen LogP contribution is 2.59. The van der Waals surface area contributed by atoms with E-state index in [1.54, 1.807) is 0 Å². The van der Waals surface area contributed by atoms with Crippen LogP contribution in [0.2, 0.25) is 0 Å². The summed E-state index contributed by atoms with van der Waals surface area (Å²) in [7, 11) is 0. The Labute approximate surface area is 153 Å². The van der Waals surface area contributed by atoms with Gasteiger partial charge in [-0.1, -0.05) is 26.3 Å². The van der Waals surface area contributed by atoms with Crippen LogP contribution in [0.4, 0.5) is 0 Å². The van der Waals surface area contributed by atoms with Gasteiger partial charge in [0.2, 0.25) is 0 Å². The van der Waals surface area contributed by atoms with Gasteiger partial charge in [0, 0.05) is 12.6 Å². The molecule has 2 bridgehead atoms. The van der Waals surface area contributed by atoms with Gasteiger partial charge in [0.1, 0.15) is 0 Å². The van der Waals surface area contributed by atoms with Crippen LogP contribution in [-0.4, -0.2) is 59.7 Å². The molecule has 2 fully saturated rings. The summed E-state index contributed by atoms with van der Waals surface area (Å²) in [5, 5.41) is 20.1. The quantitative estimate of drug-likeness (QED) is 0.660. The van der Waals surface area contributed by atoms with E-state index in [-0.39, 0.29) is 6.10 Å². The molecule has 4 aliphatic rings. The predicted octanol–water partition coefficient (Wildman–Crippen LogP) is 2.98. The predicted molar refractivity (Wildman–Crippen MR) is 100 cm³/mol. The molecule has 0 unspecified atom stereocenters. The Bertz CT molecular complexity index is 474. The molecule has 3 aliphatic carbocycles. The number of hydrogen-bond acceptors (Lipinski definition) is 4. The fourth-order valence-electron chi connectivity index (χ4n) is 5.24. The summed E-state index contributed by atoms with van der Waals surface area (Å²) in [4.78, 5) is 2.35. The molecule has 1 heterocycles. The zero-order valence-corrected chi connectivity index (χ0v) is 16.3. The third kappa shape index (κ3) is 4.47. The van der Waals surface area contributed by atoms with Crippen molar-refractivity contribution in [2.24, 2.45) is 17.3 Å². The molecule has 2 N–H and O–H groups in total. The van der Waals surface area contributed by atoms with Crippen molar-refractivity contribution in [1.82, 2.24) is 4.90 Å². The molecule has 1 saturated heterocycles. The number of fused-ring (bicyclic) bond motifs is 1. The Kier molecular flexibility index (Phi) is 6.25. The van der Waals surface area contributed by atoms with Crippen LogP contribution in [0.15, 0.2) is 11.6 Å². The average molecular weight is 352 g/mol.